The van der Waals surface area contributed by atoms with Crippen molar-refractivity contribution in [1.29, 1.82) is 0 Å². The van der Waals surface area contributed by atoms with Gasteiger partial charge in [0, 0.05) is 16.9 Å². The third-order valence-electron chi connectivity index (χ3n) is 2.18. The minimum absolute atomic E-state index is 0.229. The summed E-state index contributed by atoms with van der Waals surface area (Å²) in [5, 5.41) is 0. The van der Waals surface area contributed by atoms with Crippen LogP contribution in [-0.2, 0) is 16.0 Å². The molecule has 0 atom stereocenters. The Morgan fingerprint density at radius 2 is 2.44 bits per heavy atom. The summed E-state index contributed by atoms with van der Waals surface area (Å²) >= 11 is 3.37. The highest BCUT2D eigenvalue weighted by molar-refractivity contribution is 9.10. The van der Waals surface area contributed by atoms with Gasteiger partial charge in [-0.1, -0.05) is 15.9 Å². The van der Waals surface area contributed by atoms with Crippen molar-refractivity contribution in [3.8, 4) is 0 Å². The number of imidazole rings is 1. The molecule has 0 unspecified atom stereocenters. The molecule has 0 bridgehead atoms. The van der Waals surface area contributed by atoms with Gasteiger partial charge < -0.3 is 9.14 Å². The first-order valence-electron chi connectivity index (χ1n) is 4.98. The van der Waals surface area contributed by atoms with Crippen molar-refractivity contribution in [3.63, 3.8) is 0 Å². The monoisotopic (exact) mass is 282 g/mol. The van der Waals surface area contributed by atoms with E-state index in [1.54, 1.807) is 13.1 Å². The fraction of sp³-hybridized carbons (Fsp3) is 0.273. The maximum atomic E-state index is 11.3. The summed E-state index contributed by atoms with van der Waals surface area (Å²) in [7, 11) is 0. The lowest BCUT2D eigenvalue weighted by Crippen LogP contribution is -2.09. The second-order valence-corrected chi connectivity index (χ2v) is 4.22. The highest BCUT2D eigenvalue weighted by Crippen LogP contribution is 2.14. The number of hydrogen-bond donors (Lipinski definition) is 0. The highest BCUT2D eigenvalue weighted by atomic mass is 79.9. The van der Waals surface area contributed by atoms with Crippen LogP contribution in [-0.4, -0.2) is 22.0 Å². The van der Waals surface area contributed by atoms with Crippen LogP contribution in [0.3, 0.4) is 0 Å². The van der Waals surface area contributed by atoms with Gasteiger partial charge in [-0.25, -0.2) is 4.98 Å². The number of pyridine rings is 1. The lowest BCUT2D eigenvalue weighted by molar-refractivity contribution is -0.142. The molecule has 0 N–H and O–H groups in total. The lowest BCUT2D eigenvalue weighted by atomic mass is 10.3. The molecule has 0 fully saturated rings. The van der Waals surface area contributed by atoms with Gasteiger partial charge in [-0.15, -0.1) is 0 Å². The van der Waals surface area contributed by atoms with Gasteiger partial charge in [0.05, 0.1) is 18.7 Å². The molecular weight excluding hydrogens is 272 g/mol. The Hall–Kier alpha value is -1.36. The Morgan fingerprint density at radius 1 is 1.62 bits per heavy atom. The highest BCUT2D eigenvalue weighted by Gasteiger charge is 2.09. The molecule has 2 rings (SSSR count). The van der Waals surface area contributed by atoms with Crippen LogP contribution in [0.25, 0.3) is 5.65 Å². The molecular formula is C11H11BrN2O2. The van der Waals surface area contributed by atoms with Crippen LogP contribution in [0.5, 0.6) is 0 Å². The van der Waals surface area contributed by atoms with Crippen LogP contribution in [0, 0.1) is 0 Å². The van der Waals surface area contributed by atoms with E-state index < -0.39 is 0 Å². The Morgan fingerprint density at radius 3 is 3.19 bits per heavy atom. The third kappa shape index (κ3) is 2.24. The molecule has 0 saturated heterocycles. The number of carbonyl (C=O) groups is 1. The second kappa shape index (κ2) is 4.65. The van der Waals surface area contributed by atoms with Gasteiger partial charge in [-0.05, 0) is 19.1 Å². The second-order valence-electron chi connectivity index (χ2n) is 3.30. The molecule has 4 nitrogen and oxygen atoms in total. The van der Waals surface area contributed by atoms with Crippen molar-refractivity contribution in [1.82, 2.24) is 9.38 Å². The number of esters is 1. The summed E-state index contributed by atoms with van der Waals surface area (Å²) < 4.78 is 7.74. The van der Waals surface area contributed by atoms with Gasteiger partial charge in [-0.2, -0.15) is 0 Å². The Bertz CT molecular complexity index is 522. The predicted molar refractivity (Wildman–Crippen MR) is 63.2 cm³/mol. The van der Waals surface area contributed by atoms with Crippen LogP contribution in [0.1, 0.15) is 12.6 Å². The van der Waals surface area contributed by atoms with Gasteiger partial charge in [0.25, 0.3) is 0 Å². The molecule has 0 amide bonds. The molecule has 0 aliphatic rings. The standard InChI is InChI=1S/C11H11BrN2O2/c1-2-16-11(15)6-9-7-13-10-5-8(12)3-4-14(9)10/h3-5,7H,2,6H2,1H3. The van der Waals surface area contributed by atoms with Crippen molar-refractivity contribution >= 4 is 27.5 Å². The summed E-state index contributed by atoms with van der Waals surface area (Å²) in [6.07, 6.45) is 3.82. The van der Waals surface area contributed by atoms with E-state index >= 15 is 0 Å². The first kappa shape index (κ1) is 11.1. The number of hydrogen-bond acceptors (Lipinski definition) is 3. The summed E-state index contributed by atoms with van der Waals surface area (Å²) in [5.74, 6) is -0.229. The quantitative estimate of drug-likeness (QED) is 0.811. The number of rotatable bonds is 3. The first-order valence-corrected chi connectivity index (χ1v) is 5.77. The van der Waals surface area contributed by atoms with E-state index in [4.69, 9.17) is 4.74 Å². The zero-order valence-corrected chi connectivity index (χ0v) is 10.4. The number of carbonyl (C=O) groups excluding carboxylic acids is 1. The van der Waals surface area contributed by atoms with Crippen molar-refractivity contribution in [2.75, 3.05) is 6.61 Å². The molecule has 2 heterocycles. The van der Waals surface area contributed by atoms with Gasteiger partial charge in [0.2, 0.25) is 0 Å². The third-order valence-corrected chi connectivity index (χ3v) is 2.68. The van der Waals surface area contributed by atoms with Crippen LogP contribution in [0.2, 0.25) is 0 Å². The largest absolute Gasteiger partial charge is 0.466 e. The van der Waals surface area contributed by atoms with Crippen LogP contribution in [0.15, 0.2) is 29.0 Å². The summed E-state index contributed by atoms with van der Waals surface area (Å²) in [6, 6.07) is 3.80. The van der Waals surface area contributed by atoms with E-state index in [9.17, 15) is 4.79 Å². The predicted octanol–water partition coefficient (Wildman–Crippen LogP) is 2.20. The van der Waals surface area contributed by atoms with Crippen molar-refractivity contribution in [2.45, 2.75) is 13.3 Å². The van der Waals surface area contributed by atoms with Crippen molar-refractivity contribution in [3.05, 3.63) is 34.7 Å². The molecule has 0 aliphatic carbocycles. The smallest absolute Gasteiger partial charge is 0.311 e. The van der Waals surface area contributed by atoms with E-state index in [2.05, 4.69) is 20.9 Å². The molecule has 84 valence electrons. The Kier molecular flexibility index (Phi) is 3.24. The maximum Gasteiger partial charge on any atom is 0.311 e. The molecule has 0 radical (unpaired) electrons. The summed E-state index contributed by atoms with van der Waals surface area (Å²) in [4.78, 5) is 15.6. The maximum absolute atomic E-state index is 11.3. The molecule has 2 aromatic rings. The van der Waals surface area contributed by atoms with E-state index in [1.165, 1.54) is 0 Å². The fourth-order valence-electron chi connectivity index (χ4n) is 1.50. The first-order chi connectivity index (χ1) is 7.70. The number of halogens is 1. The van der Waals surface area contributed by atoms with E-state index in [0.717, 1.165) is 15.8 Å². The zero-order valence-electron chi connectivity index (χ0n) is 8.81. The number of fused-ring (bicyclic) bond motifs is 1. The zero-order chi connectivity index (χ0) is 11.5. The molecule has 0 spiro atoms. The van der Waals surface area contributed by atoms with Gasteiger partial charge in [0.15, 0.2) is 0 Å². The topological polar surface area (TPSA) is 43.6 Å². The van der Waals surface area contributed by atoms with Gasteiger partial charge in [0.1, 0.15) is 5.65 Å². The van der Waals surface area contributed by atoms with E-state index in [0.29, 0.717) is 6.61 Å². The van der Waals surface area contributed by atoms with E-state index in [1.807, 2.05) is 22.7 Å². The minimum atomic E-state index is -0.229. The van der Waals surface area contributed by atoms with Crippen molar-refractivity contribution < 1.29 is 9.53 Å². The van der Waals surface area contributed by atoms with E-state index in [-0.39, 0.29) is 12.4 Å². The molecule has 16 heavy (non-hydrogen) atoms. The van der Waals surface area contributed by atoms with Crippen LogP contribution < -0.4 is 0 Å². The van der Waals surface area contributed by atoms with Crippen molar-refractivity contribution in [2.24, 2.45) is 0 Å². The lowest BCUT2D eigenvalue weighted by Gasteiger charge is -2.02. The SMILES string of the molecule is CCOC(=O)Cc1cnc2cc(Br)ccn12. The number of aromatic nitrogens is 2. The summed E-state index contributed by atoms with van der Waals surface area (Å²) in [5.41, 5.74) is 1.65. The number of ether oxygens (including phenoxy) is 1. The minimum Gasteiger partial charge on any atom is -0.466 e. The Labute approximate surface area is 101 Å². The molecule has 0 saturated carbocycles. The average Bonchev–Trinajstić information content (AvgIpc) is 2.61. The Balaban J connectivity index is 2.28. The molecule has 0 aromatic carbocycles. The van der Waals surface area contributed by atoms with Gasteiger partial charge >= 0.3 is 5.97 Å². The summed E-state index contributed by atoms with van der Waals surface area (Å²) in [6.45, 7) is 2.20. The van der Waals surface area contributed by atoms with Crippen LogP contribution >= 0.6 is 15.9 Å². The molecule has 5 heteroatoms. The van der Waals surface area contributed by atoms with Crippen LogP contribution in [0.4, 0.5) is 0 Å². The fourth-order valence-corrected chi connectivity index (χ4v) is 1.82. The van der Waals surface area contributed by atoms with Gasteiger partial charge in [-0.3, -0.25) is 4.79 Å². The molecule has 2 aromatic heterocycles. The number of nitrogens with zero attached hydrogens (tertiary/aromatic N) is 2. The molecule has 0 aliphatic heterocycles. The normalized spacial score (nSPS) is 10.6. The average molecular weight is 283 g/mol.